The Balaban J connectivity index is 2.30. The van der Waals surface area contributed by atoms with Crippen LogP contribution < -0.4 is 4.74 Å². The maximum atomic E-state index is 5.77. The zero-order valence-electron chi connectivity index (χ0n) is 11.4. The number of aryl methyl sites for hydroxylation is 1. The maximum absolute atomic E-state index is 5.77. The Morgan fingerprint density at radius 3 is 2.35 bits per heavy atom. The summed E-state index contributed by atoms with van der Waals surface area (Å²) in [6, 6.07) is 8.24. The van der Waals surface area contributed by atoms with E-state index in [1.165, 1.54) is 31.5 Å². The molecule has 0 spiro atoms. The molecule has 0 fully saturated rings. The Labute approximate surface area is 106 Å². The van der Waals surface area contributed by atoms with E-state index in [1.54, 1.807) is 0 Å². The molecular weight excluding hydrogens is 210 g/mol. The van der Waals surface area contributed by atoms with E-state index in [4.69, 9.17) is 4.74 Å². The third-order valence-corrected chi connectivity index (χ3v) is 2.75. The molecule has 0 bridgehead atoms. The second-order valence-corrected chi connectivity index (χ2v) is 4.51. The van der Waals surface area contributed by atoms with Crippen molar-refractivity contribution < 1.29 is 4.74 Å². The van der Waals surface area contributed by atoms with E-state index in [0.717, 1.165) is 18.9 Å². The molecule has 0 heterocycles. The summed E-state index contributed by atoms with van der Waals surface area (Å²) in [5.41, 5.74) is 1.25. The smallest absolute Gasteiger partial charge is 0.119 e. The molecule has 1 aromatic carbocycles. The van der Waals surface area contributed by atoms with Gasteiger partial charge >= 0.3 is 0 Å². The van der Waals surface area contributed by atoms with Crippen LogP contribution in [0.15, 0.2) is 24.3 Å². The normalized spacial score (nSPS) is 10.8. The molecule has 0 aromatic heterocycles. The molecule has 1 aromatic rings. The molecule has 2 heteroatoms. The van der Waals surface area contributed by atoms with Gasteiger partial charge in [-0.3, -0.25) is 4.90 Å². The first-order valence-electron chi connectivity index (χ1n) is 6.68. The van der Waals surface area contributed by atoms with E-state index in [0.29, 0.717) is 0 Å². The van der Waals surface area contributed by atoms with Crippen LogP contribution in [0.1, 0.15) is 32.3 Å². The third-order valence-electron chi connectivity index (χ3n) is 2.75. The molecule has 0 aliphatic heterocycles. The minimum Gasteiger partial charge on any atom is -0.492 e. The van der Waals surface area contributed by atoms with Gasteiger partial charge < -0.3 is 4.74 Å². The fraction of sp³-hybridized carbons (Fsp3) is 0.600. The van der Waals surface area contributed by atoms with Crippen molar-refractivity contribution in [1.29, 1.82) is 0 Å². The standard InChI is InChI=1S/C15H25NO/c1-4-9-16(10-5-2)11-12-17-15-8-6-7-14(3)13-15/h6-8,13H,4-5,9-12H2,1-3H3. The molecule has 0 radical (unpaired) electrons. The van der Waals surface area contributed by atoms with Crippen molar-refractivity contribution in [1.82, 2.24) is 4.90 Å². The Bertz CT molecular complexity index is 306. The van der Waals surface area contributed by atoms with Crippen LogP contribution in [0, 0.1) is 6.92 Å². The first kappa shape index (κ1) is 14.0. The van der Waals surface area contributed by atoms with Crippen LogP contribution >= 0.6 is 0 Å². The average molecular weight is 235 g/mol. The highest BCUT2D eigenvalue weighted by molar-refractivity contribution is 5.27. The highest BCUT2D eigenvalue weighted by Gasteiger charge is 2.02. The van der Waals surface area contributed by atoms with Crippen LogP contribution in [-0.4, -0.2) is 31.1 Å². The van der Waals surface area contributed by atoms with Gasteiger partial charge in [0, 0.05) is 6.54 Å². The van der Waals surface area contributed by atoms with Crippen LogP contribution in [0.25, 0.3) is 0 Å². The first-order chi connectivity index (χ1) is 8.26. The van der Waals surface area contributed by atoms with E-state index < -0.39 is 0 Å². The van der Waals surface area contributed by atoms with Crippen molar-refractivity contribution in [3.63, 3.8) is 0 Å². The van der Waals surface area contributed by atoms with Gasteiger partial charge in [-0.15, -0.1) is 0 Å². The number of rotatable bonds is 8. The predicted molar refractivity (Wildman–Crippen MR) is 73.7 cm³/mol. The first-order valence-corrected chi connectivity index (χ1v) is 6.68. The molecule has 17 heavy (non-hydrogen) atoms. The SMILES string of the molecule is CCCN(CCC)CCOc1cccc(C)c1. The van der Waals surface area contributed by atoms with Crippen LogP contribution in [0.3, 0.4) is 0 Å². The van der Waals surface area contributed by atoms with Gasteiger partial charge in [0.1, 0.15) is 12.4 Å². The largest absolute Gasteiger partial charge is 0.492 e. The summed E-state index contributed by atoms with van der Waals surface area (Å²) in [5.74, 6) is 0.984. The topological polar surface area (TPSA) is 12.5 Å². The summed E-state index contributed by atoms with van der Waals surface area (Å²) in [6.07, 6.45) is 2.43. The lowest BCUT2D eigenvalue weighted by molar-refractivity contribution is 0.209. The fourth-order valence-corrected chi connectivity index (χ4v) is 1.97. The molecule has 0 amide bonds. The minimum atomic E-state index is 0.781. The van der Waals surface area contributed by atoms with Crippen LogP contribution in [-0.2, 0) is 0 Å². The van der Waals surface area contributed by atoms with E-state index in [1.807, 2.05) is 12.1 Å². The summed E-state index contributed by atoms with van der Waals surface area (Å²) < 4.78 is 5.77. The van der Waals surface area contributed by atoms with E-state index in [-0.39, 0.29) is 0 Å². The lowest BCUT2D eigenvalue weighted by Gasteiger charge is -2.20. The third kappa shape index (κ3) is 5.73. The zero-order chi connectivity index (χ0) is 12.5. The van der Waals surface area contributed by atoms with Crippen molar-refractivity contribution in [3.8, 4) is 5.75 Å². The van der Waals surface area contributed by atoms with Gasteiger partial charge in [0.2, 0.25) is 0 Å². The second kappa shape index (κ2) is 8.13. The fourth-order valence-electron chi connectivity index (χ4n) is 1.97. The highest BCUT2D eigenvalue weighted by atomic mass is 16.5. The Morgan fingerprint density at radius 1 is 1.06 bits per heavy atom. The van der Waals surface area contributed by atoms with Gasteiger partial charge in [-0.1, -0.05) is 26.0 Å². The Hall–Kier alpha value is -1.02. The van der Waals surface area contributed by atoms with Gasteiger partial charge in [-0.25, -0.2) is 0 Å². The van der Waals surface area contributed by atoms with E-state index >= 15 is 0 Å². The molecule has 0 aliphatic rings. The molecule has 96 valence electrons. The molecule has 0 saturated carbocycles. The monoisotopic (exact) mass is 235 g/mol. The number of hydrogen-bond donors (Lipinski definition) is 0. The molecule has 0 saturated heterocycles. The number of ether oxygens (including phenoxy) is 1. The lowest BCUT2D eigenvalue weighted by Crippen LogP contribution is -2.30. The Morgan fingerprint density at radius 2 is 1.76 bits per heavy atom. The number of hydrogen-bond acceptors (Lipinski definition) is 2. The van der Waals surface area contributed by atoms with Crippen molar-refractivity contribution in [2.75, 3.05) is 26.2 Å². The van der Waals surface area contributed by atoms with E-state index in [2.05, 4.69) is 37.8 Å². The predicted octanol–water partition coefficient (Wildman–Crippen LogP) is 3.50. The molecule has 1 rings (SSSR count). The molecule has 0 atom stereocenters. The van der Waals surface area contributed by atoms with Crippen molar-refractivity contribution in [2.24, 2.45) is 0 Å². The second-order valence-electron chi connectivity index (χ2n) is 4.51. The van der Waals surface area contributed by atoms with Gasteiger partial charge in [-0.2, -0.15) is 0 Å². The van der Waals surface area contributed by atoms with Crippen molar-refractivity contribution in [3.05, 3.63) is 29.8 Å². The summed E-state index contributed by atoms with van der Waals surface area (Å²) in [6.45, 7) is 10.7. The number of nitrogens with zero attached hydrogens (tertiary/aromatic N) is 1. The van der Waals surface area contributed by atoms with Crippen LogP contribution in [0.4, 0.5) is 0 Å². The van der Waals surface area contributed by atoms with Gasteiger partial charge in [0.05, 0.1) is 0 Å². The molecular formula is C15H25NO. The van der Waals surface area contributed by atoms with Crippen molar-refractivity contribution >= 4 is 0 Å². The maximum Gasteiger partial charge on any atom is 0.119 e. The molecule has 0 N–H and O–H groups in total. The van der Waals surface area contributed by atoms with Crippen LogP contribution in [0.2, 0.25) is 0 Å². The lowest BCUT2D eigenvalue weighted by atomic mass is 10.2. The summed E-state index contributed by atoms with van der Waals surface area (Å²) in [4.78, 5) is 2.47. The summed E-state index contributed by atoms with van der Waals surface area (Å²) in [7, 11) is 0. The van der Waals surface area contributed by atoms with Gasteiger partial charge in [0.25, 0.3) is 0 Å². The molecule has 0 unspecified atom stereocenters. The summed E-state index contributed by atoms with van der Waals surface area (Å²) in [5, 5.41) is 0. The quantitative estimate of drug-likeness (QED) is 0.684. The highest BCUT2D eigenvalue weighted by Crippen LogP contribution is 2.12. The van der Waals surface area contributed by atoms with Crippen molar-refractivity contribution in [2.45, 2.75) is 33.6 Å². The average Bonchev–Trinajstić information content (AvgIpc) is 2.30. The van der Waals surface area contributed by atoms with Gasteiger partial charge in [0.15, 0.2) is 0 Å². The summed E-state index contributed by atoms with van der Waals surface area (Å²) >= 11 is 0. The molecule has 2 nitrogen and oxygen atoms in total. The van der Waals surface area contributed by atoms with Crippen LogP contribution in [0.5, 0.6) is 5.75 Å². The molecule has 0 aliphatic carbocycles. The van der Waals surface area contributed by atoms with Gasteiger partial charge in [-0.05, 0) is 50.6 Å². The zero-order valence-corrected chi connectivity index (χ0v) is 11.4. The Kier molecular flexibility index (Phi) is 6.71. The minimum absolute atomic E-state index is 0.781. The van der Waals surface area contributed by atoms with E-state index in [9.17, 15) is 0 Å². The number of benzene rings is 1.